The van der Waals surface area contributed by atoms with Gasteiger partial charge < -0.3 is 15.4 Å². The second kappa shape index (κ2) is 8.75. The Bertz CT molecular complexity index is 951. The first-order chi connectivity index (χ1) is 13.0. The van der Waals surface area contributed by atoms with Gasteiger partial charge in [0, 0.05) is 11.8 Å². The molecule has 8 heteroatoms. The summed E-state index contributed by atoms with van der Waals surface area (Å²) < 4.78 is 33.2. The van der Waals surface area contributed by atoms with E-state index in [-0.39, 0.29) is 28.0 Å². The standard InChI is InChI=1S/C19H14ClF2N3OS/c20-13-5-3-7-14(21)12(13)11-26-17-9-4-10-23-18(17)25-19(27)24-16-8-2-1-6-15(16)22/h1-10H,11H2,(H2,23,24,25,27). The number of hydrogen-bond donors (Lipinski definition) is 2. The van der Waals surface area contributed by atoms with E-state index in [1.807, 2.05) is 0 Å². The Morgan fingerprint density at radius 1 is 1.00 bits per heavy atom. The number of anilines is 2. The fraction of sp³-hybridized carbons (Fsp3) is 0.0526. The first-order valence-corrected chi connectivity index (χ1v) is 8.66. The van der Waals surface area contributed by atoms with Crippen molar-refractivity contribution in [2.75, 3.05) is 10.6 Å². The van der Waals surface area contributed by atoms with E-state index >= 15 is 0 Å². The van der Waals surface area contributed by atoms with Gasteiger partial charge >= 0.3 is 0 Å². The summed E-state index contributed by atoms with van der Waals surface area (Å²) in [6.07, 6.45) is 1.54. The number of nitrogens with zero attached hydrogens (tertiary/aromatic N) is 1. The van der Waals surface area contributed by atoms with Crippen LogP contribution in [-0.2, 0) is 6.61 Å². The molecule has 0 fully saturated rings. The monoisotopic (exact) mass is 405 g/mol. The number of nitrogens with one attached hydrogen (secondary N) is 2. The molecule has 1 heterocycles. The van der Waals surface area contributed by atoms with Gasteiger partial charge in [0.1, 0.15) is 18.2 Å². The van der Waals surface area contributed by atoms with Gasteiger partial charge in [-0.3, -0.25) is 0 Å². The quantitative estimate of drug-likeness (QED) is 0.556. The summed E-state index contributed by atoms with van der Waals surface area (Å²) in [5.74, 6) is -0.251. The van der Waals surface area contributed by atoms with Crippen LogP contribution in [0.4, 0.5) is 20.3 Å². The topological polar surface area (TPSA) is 46.2 Å². The van der Waals surface area contributed by atoms with Crippen molar-refractivity contribution in [2.45, 2.75) is 6.61 Å². The zero-order chi connectivity index (χ0) is 19.2. The van der Waals surface area contributed by atoms with Gasteiger partial charge in [0.25, 0.3) is 0 Å². The predicted octanol–water partition coefficient (Wildman–Crippen LogP) is 5.40. The molecule has 0 aliphatic heterocycles. The average molecular weight is 406 g/mol. The maximum atomic E-state index is 13.9. The maximum Gasteiger partial charge on any atom is 0.176 e. The fourth-order valence-corrected chi connectivity index (χ4v) is 2.67. The van der Waals surface area contributed by atoms with Crippen molar-refractivity contribution in [2.24, 2.45) is 0 Å². The van der Waals surface area contributed by atoms with Gasteiger partial charge in [-0.1, -0.05) is 29.8 Å². The molecule has 0 radical (unpaired) electrons. The molecule has 1 aromatic heterocycles. The Morgan fingerprint density at radius 3 is 2.56 bits per heavy atom. The third kappa shape index (κ3) is 4.90. The van der Waals surface area contributed by atoms with Crippen molar-refractivity contribution in [3.63, 3.8) is 0 Å². The molecular weight excluding hydrogens is 392 g/mol. The van der Waals surface area contributed by atoms with Crippen LogP contribution in [0.5, 0.6) is 5.75 Å². The molecule has 4 nitrogen and oxygen atoms in total. The lowest BCUT2D eigenvalue weighted by Gasteiger charge is -2.14. The lowest BCUT2D eigenvalue weighted by Crippen LogP contribution is -2.21. The Morgan fingerprint density at radius 2 is 1.78 bits per heavy atom. The SMILES string of the molecule is Fc1ccccc1NC(=S)Nc1ncccc1OCc1c(F)cccc1Cl. The number of ether oxygens (including phenoxy) is 1. The molecule has 3 aromatic rings. The van der Waals surface area contributed by atoms with Crippen molar-refractivity contribution in [1.29, 1.82) is 0 Å². The predicted molar refractivity (Wildman–Crippen MR) is 106 cm³/mol. The van der Waals surface area contributed by atoms with E-state index < -0.39 is 11.6 Å². The number of rotatable bonds is 5. The molecule has 0 atom stereocenters. The first-order valence-electron chi connectivity index (χ1n) is 7.88. The molecule has 0 aliphatic carbocycles. The Balaban J connectivity index is 1.70. The second-order valence-corrected chi connectivity index (χ2v) is 6.21. The Hall–Kier alpha value is -2.77. The third-order valence-electron chi connectivity index (χ3n) is 3.56. The van der Waals surface area contributed by atoms with Gasteiger partial charge in [0.2, 0.25) is 0 Å². The van der Waals surface area contributed by atoms with Crippen LogP contribution >= 0.6 is 23.8 Å². The van der Waals surface area contributed by atoms with Crippen LogP contribution in [0.15, 0.2) is 60.8 Å². The summed E-state index contributed by atoms with van der Waals surface area (Å²) in [6, 6.07) is 13.9. The van der Waals surface area contributed by atoms with Crippen LogP contribution in [0.1, 0.15) is 5.56 Å². The summed E-state index contributed by atoms with van der Waals surface area (Å²) in [5, 5.41) is 5.99. The minimum atomic E-state index is -0.461. The van der Waals surface area contributed by atoms with Crippen LogP contribution in [-0.4, -0.2) is 10.1 Å². The molecule has 2 aromatic carbocycles. The number of thiocarbonyl (C=S) groups is 1. The third-order valence-corrected chi connectivity index (χ3v) is 4.12. The lowest BCUT2D eigenvalue weighted by atomic mass is 10.2. The molecule has 0 unspecified atom stereocenters. The second-order valence-electron chi connectivity index (χ2n) is 5.40. The molecule has 0 saturated carbocycles. The normalized spacial score (nSPS) is 10.3. The van der Waals surface area contributed by atoms with E-state index in [4.69, 9.17) is 28.6 Å². The smallest absolute Gasteiger partial charge is 0.176 e. The number of aromatic nitrogens is 1. The number of halogens is 3. The highest BCUT2D eigenvalue weighted by Crippen LogP contribution is 2.25. The molecule has 2 N–H and O–H groups in total. The van der Waals surface area contributed by atoms with Crippen LogP contribution in [0.3, 0.4) is 0 Å². The van der Waals surface area contributed by atoms with E-state index in [9.17, 15) is 8.78 Å². The lowest BCUT2D eigenvalue weighted by molar-refractivity contribution is 0.300. The van der Waals surface area contributed by atoms with Gasteiger partial charge in [-0.2, -0.15) is 0 Å². The summed E-state index contributed by atoms with van der Waals surface area (Å²) in [6.45, 7) is -0.0839. The minimum Gasteiger partial charge on any atom is -0.485 e. The molecular formula is C19H14ClF2N3OS. The largest absolute Gasteiger partial charge is 0.485 e. The van der Waals surface area contributed by atoms with Crippen molar-refractivity contribution in [3.8, 4) is 5.75 Å². The molecule has 3 rings (SSSR count). The number of hydrogen-bond acceptors (Lipinski definition) is 3. The highest BCUT2D eigenvalue weighted by Gasteiger charge is 2.12. The minimum absolute atomic E-state index is 0.0839. The van der Waals surface area contributed by atoms with Crippen LogP contribution in [0, 0.1) is 11.6 Å². The van der Waals surface area contributed by atoms with Crippen LogP contribution < -0.4 is 15.4 Å². The molecule has 0 bridgehead atoms. The van der Waals surface area contributed by atoms with Gasteiger partial charge in [-0.05, 0) is 48.6 Å². The van der Waals surface area contributed by atoms with E-state index in [2.05, 4.69) is 15.6 Å². The summed E-state index contributed by atoms with van der Waals surface area (Å²) in [4.78, 5) is 4.16. The summed E-state index contributed by atoms with van der Waals surface area (Å²) >= 11 is 11.2. The summed E-state index contributed by atoms with van der Waals surface area (Å²) in [5.41, 5.74) is 0.465. The van der Waals surface area contributed by atoms with Crippen molar-refractivity contribution >= 4 is 40.4 Å². The van der Waals surface area contributed by atoms with Crippen LogP contribution in [0.2, 0.25) is 5.02 Å². The van der Waals surface area contributed by atoms with Gasteiger partial charge in [-0.15, -0.1) is 0 Å². The van der Waals surface area contributed by atoms with Crippen molar-refractivity contribution in [1.82, 2.24) is 4.98 Å². The van der Waals surface area contributed by atoms with Crippen LogP contribution in [0.25, 0.3) is 0 Å². The number of pyridine rings is 1. The molecule has 27 heavy (non-hydrogen) atoms. The van der Waals surface area contributed by atoms with Crippen molar-refractivity contribution in [3.05, 3.63) is 83.0 Å². The molecule has 138 valence electrons. The zero-order valence-corrected chi connectivity index (χ0v) is 15.5. The van der Waals surface area contributed by atoms with E-state index in [1.165, 1.54) is 24.4 Å². The Labute approximate surface area is 165 Å². The average Bonchev–Trinajstić information content (AvgIpc) is 2.64. The molecule has 0 amide bonds. The van der Waals surface area contributed by atoms with Crippen molar-refractivity contribution < 1.29 is 13.5 Å². The van der Waals surface area contributed by atoms with E-state index in [0.29, 0.717) is 11.6 Å². The molecule has 0 spiro atoms. The van der Waals surface area contributed by atoms with Gasteiger partial charge in [0.05, 0.1) is 10.7 Å². The highest BCUT2D eigenvalue weighted by molar-refractivity contribution is 7.80. The molecule has 0 saturated heterocycles. The van der Waals surface area contributed by atoms with Gasteiger partial charge in [0.15, 0.2) is 16.7 Å². The molecule has 0 aliphatic rings. The maximum absolute atomic E-state index is 13.9. The Kier molecular flexibility index (Phi) is 6.16. The van der Waals surface area contributed by atoms with Gasteiger partial charge in [-0.25, -0.2) is 13.8 Å². The number of benzene rings is 2. The van der Waals surface area contributed by atoms with E-state index in [1.54, 1.807) is 36.4 Å². The highest BCUT2D eigenvalue weighted by atomic mass is 35.5. The first kappa shape index (κ1) is 19.0. The number of para-hydroxylation sites is 1. The zero-order valence-electron chi connectivity index (χ0n) is 13.9. The summed E-state index contributed by atoms with van der Waals surface area (Å²) in [7, 11) is 0. The van der Waals surface area contributed by atoms with E-state index in [0.717, 1.165) is 0 Å². The fourth-order valence-electron chi connectivity index (χ4n) is 2.24.